The molecule has 0 spiro atoms. The van der Waals surface area contributed by atoms with E-state index in [4.69, 9.17) is 10.4 Å². The number of carboxylic acid groups (broad SMARTS) is 1. The van der Waals surface area contributed by atoms with Gasteiger partial charge in [0, 0.05) is 18.0 Å². The van der Waals surface area contributed by atoms with Gasteiger partial charge < -0.3 is 9.67 Å². The van der Waals surface area contributed by atoms with E-state index < -0.39 is 5.97 Å². The molecule has 1 N–H and O–H groups in total. The molecule has 90 valence electrons. The number of benzene rings is 1. The maximum Gasteiger partial charge on any atom is 0.323 e. The number of nitriles is 1. The van der Waals surface area contributed by atoms with E-state index in [0.717, 1.165) is 0 Å². The second kappa shape index (κ2) is 4.72. The molecular formula is C13H9FN2O2. The van der Waals surface area contributed by atoms with Crippen molar-refractivity contribution in [1.82, 2.24) is 4.57 Å². The van der Waals surface area contributed by atoms with E-state index in [0.29, 0.717) is 16.7 Å². The van der Waals surface area contributed by atoms with Crippen molar-refractivity contribution in [2.75, 3.05) is 0 Å². The summed E-state index contributed by atoms with van der Waals surface area (Å²) in [5, 5.41) is 17.7. The third-order valence-corrected chi connectivity index (χ3v) is 2.47. The van der Waals surface area contributed by atoms with Gasteiger partial charge in [-0.05, 0) is 17.7 Å². The summed E-state index contributed by atoms with van der Waals surface area (Å²) in [6.07, 6.45) is 3.03. The van der Waals surface area contributed by atoms with Crippen LogP contribution in [0.2, 0.25) is 0 Å². The molecule has 0 unspecified atom stereocenters. The van der Waals surface area contributed by atoms with E-state index in [2.05, 4.69) is 0 Å². The standard InChI is InChI=1S/C13H9FN2O2/c14-11-3-1-9(2-4-11)12-7-16(8-13(17)18)6-10(12)5-15/h1-4,6-7H,8H2,(H,17,18). The normalized spacial score (nSPS) is 10.0. The van der Waals surface area contributed by atoms with Gasteiger partial charge >= 0.3 is 5.97 Å². The van der Waals surface area contributed by atoms with E-state index in [9.17, 15) is 9.18 Å². The maximum atomic E-state index is 12.8. The zero-order valence-electron chi connectivity index (χ0n) is 9.30. The minimum atomic E-state index is -0.986. The lowest BCUT2D eigenvalue weighted by Gasteiger charge is -1.98. The molecular weight excluding hydrogens is 235 g/mol. The molecule has 0 aliphatic heterocycles. The summed E-state index contributed by atoms with van der Waals surface area (Å²) in [6.45, 7) is -0.212. The highest BCUT2D eigenvalue weighted by molar-refractivity contribution is 5.71. The van der Waals surface area contributed by atoms with Crippen molar-refractivity contribution >= 4 is 5.97 Å². The Balaban J connectivity index is 2.44. The first-order valence-corrected chi connectivity index (χ1v) is 5.18. The van der Waals surface area contributed by atoms with Crippen molar-refractivity contribution in [2.24, 2.45) is 0 Å². The van der Waals surface area contributed by atoms with E-state index >= 15 is 0 Å². The zero-order chi connectivity index (χ0) is 13.1. The number of rotatable bonds is 3. The number of halogens is 1. The van der Waals surface area contributed by atoms with Crippen LogP contribution in [-0.4, -0.2) is 15.6 Å². The molecule has 5 heteroatoms. The molecule has 0 saturated heterocycles. The monoisotopic (exact) mass is 244 g/mol. The summed E-state index contributed by atoms with van der Waals surface area (Å²) in [6, 6.07) is 7.69. The number of hydrogen-bond acceptors (Lipinski definition) is 2. The van der Waals surface area contributed by atoms with Crippen molar-refractivity contribution in [3.63, 3.8) is 0 Å². The average molecular weight is 244 g/mol. The molecule has 0 amide bonds. The Morgan fingerprint density at radius 1 is 1.33 bits per heavy atom. The van der Waals surface area contributed by atoms with E-state index in [1.54, 1.807) is 18.3 Å². The van der Waals surface area contributed by atoms with Crippen molar-refractivity contribution in [3.05, 3.63) is 48.0 Å². The molecule has 0 saturated carbocycles. The van der Waals surface area contributed by atoms with Crippen molar-refractivity contribution in [1.29, 1.82) is 5.26 Å². The third kappa shape index (κ3) is 2.38. The number of carbonyl (C=O) groups is 1. The Labute approximate surface area is 103 Å². The first-order valence-electron chi connectivity index (χ1n) is 5.18. The average Bonchev–Trinajstić information content (AvgIpc) is 2.72. The van der Waals surface area contributed by atoms with Gasteiger partial charge in [0.15, 0.2) is 0 Å². The highest BCUT2D eigenvalue weighted by Crippen LogP contribution is 2.24. The summed E-state index contributed by atoms with van der Waals surface area (Å²) in [5.41, 5.74) is 1.64. The molecule has 0 radical (unpaired) electrons. The lowest BCUT2D eigenvalue weighted by molar-refractivity contribution is -0.137. The Kier molecular flexibility index (Phi) is 3.11. The Morgan fingerprint density at radius 3 is 2.56 bits per heavy atom. The van der Waals surface area contributed by atoms with Crippen LogP contribution in [0, 0.1) is 17.1 Å². The van der Waals surface area contributed by atoms with Crippen LogP contribution in [0.25, 0.3) is 11.1 Å². The van der Waals surface area contributed by atoms with Gasteiger partial charge in [0.25, 0.3) is 0 Å². The van der Waals surface area contributed by atoms with Crippen LogP contribution in [-0.2, 0) is 11.3 Å². The summed E-state index contributed by atoms with van der Waals surface area (Å²) < 4.78 is 14.2. The fraction of sp³-hybridized carbons (Fsp3) is 0.0769. The van der Waals surface area contributed by atoms with Crippen LogP contribution in [0.1, 0.15) is 5.56 Å². The Bertz CT molecular complexity index is 623. The van der Waals surface area contributed by atoms with Crippen molar-refractivity contribution in [2.45, 2.75) is 6.54 Å². The quantitative estimate of drug-likeness (QED) is 0.900. The molecule has 1 aromatic heterocycles. The van der Waals surface area contributed by atoms with Gasteiger partial charge in [-0.15, -0.1) is 0 Å². The predicted molar refractivity (Wildman–Crippen MR) is 62.2 cm³/mol. The van der Waals surface area contributed by atoms with E-state index in [1.807, 2.05) is 6.07 Å². The number of aliphatic carboxylic acids is 1. The second-order valence-corrected chi connectivity index (χ2v) is 3.77. The molecule has 2 aromatic rings. The van der Waals surface area contributed by atoms with Crippen molar-refractivity contribution in [3.8, 4) is 17.2 Å². The molecule has 0 fully saturated rings. The van der Waals surface area contributed by atoms with Gasteiger partial charge in [0.1, 0.15) is 18.4 Å². The highest BCUT2D eigenvalue weighted by atomic mass is 19.1. The fourth-order valence-electron chi connectivity index (χ4n) is 1.70. The number of hydrogen-bond donors (Lipinski definition) is 1. The van der Waals surface area contributed by atoms with E-state index in [-0.39, 0.29) is 12.4 Å². The van der Waals surface area contributed by atoms with Gasteiger partial charge in [-0.1, -0.05) is 12.1 Å². The molecule has 1 aromatic carbocycles. The third-order valence-electron chi connectivity index (χ3n) is 2.47. The minimum Gasteiger partial charge on any atom is -0.480 e. The summed E-state index contributed by atoms with van der Waals surface area (Å²) >= 11 is 0. The summed E-state index contributed by atoms with van der Waals surface area (Å²) in [7, 11) is 0. The molecule has 0 aliphatic carbocycles. The number of carboxylic acids is 1. The van der Waals surface area contributed by atoms with Crippen molar-refractivity contribution < 1.29 is 14.3 Å². The van der Waals surface area contributed by atoms with E-state index in [1.165, 1.54) is 22.9 Å². The molecule has 0 bridgehead atoms. The highest BCUT2D eigenvalue weighted by Gasteiger charge is 2.10. The van der Waals surface area contributed by atoms with Crippen LogP contribution in [0.5, 0.6) is 0 Å². The lowest BCUT2D eigenvalue weighted by Crippen LogP contribution is -2.06. The molecule has 18 heavy (non-hydrogen) atoms. The fourth-order valence-corrected chi connectivity index (χ4v) is 1.70. The van der Waals surface area contributed by atoms with Crippen LogP contribution in [0.3, 0.4) is 0 Å². The molecule has 2 rings (SSSR count). The first-order chi connectivity index (χ1) is 8.60. The smallest absolute Gasteiger partial charge is 0.323 e. The Morgan fingerprint density at radius 2 is 2.00 bits per heavy atom. The maximum absolute atomic E-state index is 12.8. The van der Waals surface area contributed by atoms with Gasteiger partial charge in [0.05, 0.1) is 5.56 Å². The zero-order valence-corrected chi connectivity index (χ0v) is 9.30. The second-order valence-electron chi connectivity index (χ2n) is 3.77. The summed E-state index contributed by atoms with van der Waals surface area (Å²) in [5.74, 6) is -1.35. The molecule has 0 atom stereocenters. The number of aromatic nitrogens is 1. The van der Waals surface area contributed by atoms with Gasteiger partial charge in [-0.25, -0.2) is 4.39 Å². The van der Waals surface area contributed by atoms with Gasteiger partial charge in [0.2, 0.25) is 0 Å². The molecule has 0 aliphatic rings. The molecule has 4 nitrogen and oxygen atoms in total. The predicted octanol–water partition coefficient (Wildman–Crippen LogP) is 2.25. The minimum absolute atomic E-state index is 0.212. The van der Waals surface area contributed by atoms with Crippen LogP contribution >= 0.6 is 0 Å². The Hall–Kier alpha value is -2.61. The number of nitrogens with zero attached hydrogens (tertiary/aromatic N) is 2. The SMILES string of the molecule is N#Cc1cn(CC(=O)O)cc1-c1ccc(F)cc1. The topological polar surface area (TPSA) is 66.0 Å². The first kappa shape index (κ1) is 11.9. The lowest BCUT2D eigenvalue weighted by atomic mass is 10.1. The largest absolute Gasteiger partial charge is 0.480 e. The molecule has 1 heterocycles. The van der Waals surface area contributed by atoms with Crippen LogP contribution < -0.4 is 0 Å². The van der Waals surface area contributed by atoms with Gasteiger partial charge in [-0.2, -0.15) is 5.26 Å². The van der Waals surface area contributed by atoms with Crippen LogP contribution in [0.15, 0.2) is 36.7 Å². The van der Waals surface area contributed by atoms with Crippen LogP contribution in [0.4, 0.5) is 4.39 Å². The van der Waals surface area contributed by atoms with Gasteiger partial charge in [-0.3, -0.25) is 4.79 Å². The summed E-state index contributed by atoms with van der Waals surface area (Å²) in [4.78, 5) is 10.6.